The van der Waals surface area contributed by atoms with E-state index in [0.717, 1.165) is 37.8 Å². The second-order valence-electron chi connectivity index (χ2n) is 11.2. The van der Waals surface area contributed by atoms with Gasteiger partial charge in [0.05, 0.1) is 24.4 Å². The molecule has 11 heteroatoms. The Morgan fingerprint density at radius 3 is 2.48 bits per heavy atom. The Bertz CT molecular complexity index is 1480. The first-order valence-electron chi connectivity index (χ1n) is 14.6. The molecule has 2 aromatic carbocycles. The predicted octanol–water partition coefficient (Wildman–Crippen LogP) is 6.92. The van der Waals surface area contributed by atoms with E-state index in [9.17, 15) is 18.4 Å². The van der Waals surface area contributed by atoms with Crippen molar-refractivity contribution >= 4 is 23.5 Å². The van der Waals surface area contributed by atoms with Gasteiger partial charge in [0, 0.05) is 17.7 Å². The summed E-state index contributed by atoms with van der Waals surface area (Å²) in [6, 6.07) is 13.1. The number of hydrogen-bond acceptors (Lipinski definition) is 7. The van der Waals surface area contributed by atoms with Gasteiger partial charge in [-0.3, -0.25) is 4.79 Å². The van der Waals surface area contributed by atoms with Crippen LogP contribution in [0, 0.1) is 6.92 Å². The largest absolute Gasteiger partial charge is 0.492 e. The number of aromatic nitrogens is 1. The van der Waals surface area contributed by atoms with Crippen LogP contribution in [-0.4, -0.2) is 68.3 Å². The van der Waals surface area contributed by atoms with Crippen molar-refractivity contribution in [3.63, 3.8) is 0 Å². The maximum absolute atomic E-state index is 13.6. The van der Waals surface area contributed by atoms with Crippen molar-refractivity contribution in [1.29, 1.82) is 0 Å². The fourth-order valence-corrected chi connectivity index (χ4v) is 5.60. The van der Waals surface area contributed by atoms with E-state index >= 15 is 0 Å². The molecule has 1 fully saturated rings. The molecule has 0 spiro atoms. The van der Waals surface area contributed by atoms with Crippen molar-refractivity contribution in [3.8, 4) is 33.9 Å². The van der Waals surface area contributed by atoms with Crippen LogP contribution in [0.4, 0.5) is 8.78 Å². The molecular weight excluding hydrogens is 592 g/mol. The van der Waals surface area contributed by atoms with Crippen LogP contribution in [0.3, 0.4) is 0 Å². The van der Waals surface area contributed by atoms with Crippen molar-refractivity contribution in [2.45, 2.75) is 57.6 Å². The SMILES string of the molecule is COC(=O)C1(NC(=O)c2ccc(-c3cc(OC(F)F)ccc3C)c(-c3ccc(Cl)c(OCCCN(C)C)c3)n2)CCCCC1. The molecule has 1 aliphatic carbocycles. The number of nitrogens with zero attached hydrogens (tertiary/aromatic N) is 2. The number of carbonyl (C=O) groups excluding carboxylic acids is 2. The molecule has 8 nitrogen and oxygen atoms in total. The number of pyridine rings is 1. The van der Waals surface area contributed by atoms with Crippen LogP contribution >= 0.6 is 11.6 Å². The average molecular weight is 630 g/mol. The van der Waals surface area contributed by atoms with Crippen molar-refractivity contribution in [3.05, 3.63) is 64.8 Å². The lowest BCUT2D eigenvalue weighted by Gasteiger charge is -2.35. The monoisotopic (exact) mass is 629 g/mol. The zero-order valence-corrected chi connectivity index (χ0v) is 26.2. The summed E-state index contributed by atoms with van der Waals surface area (Å²) in [5, 5.41) is 3.33. The number of hydrogen-bond donors (Lipinski definition) is 1. The van der Waals surface area contributed by atoms with Crippen LogP contribution in [0.25, 0.3) is 22.4 Å². The van der Waals surface area contributed by atoms with E-state index < -0.39 is 24.0 Å². The van der Waals surface area contributed by atoms with Gasteiger partial charge >= 0.3 is 12.6 Å². The lowest BCUT2D eigenvalue weighted by Crippen LogP contribution is -2.56. The Morgan fingerprint density at radius 1 is 1.05 bits per heavy atom. The number of ether oxygens (including phenoxy) is 3. The second-order valence-corrected chi connectivity index (χ2v) is 11.6. The van der Waals surface area contributed by atoms with E-state index in [-0.39, 0.29) is 11.4 Å². The van der Waals surface area contributed by atoms with Crippen molar-refractivity contribution in [1.82, 2.24) is 15.2 Å². The van der Waals surface area contributed by atoms with Gasteiger partial charge in [0.2, 0.25) is 0 Å². The van der Waals surface area contributed by atoms with Crippen molar-refractivity contribution in [2.24, 2.45) is 0 Å². The molecule has 1 aliphatic rings. The molecule has 1 aromatic heterocycles. The molecule has 0 unspecified atom stereocenters. The summed E-state index contributed by atoms with van der Waals surface area (Å²) in [7, 11) is 5.27. The molecule has 1 heterocycles. The minimum atomic E-state index is -2.99. The number of rotatable bonds is 12. The van der Waals surface area contributed by atoms with Gasteiger partial charge < -0.3 is 24.4 Å². The normalized spacial score (nSPS) is 14.4. The third kappa shape index (κ3) is 8.04. The van der Waals surface area contributed by atoms with Crippen LogP contribution in [0.1, 0.15) is 54.6 Å². The Labute approximate surface area is 261 Å². The highest BCUT2D eigenvalue weighted by atomic mass is 35.5. The number of carbonyl (C=O) groups is 2. The van der Waals surface area contributed by atoms with Gasteiger partial charge in [-0.05, 0) is 87.8 Å². The molecule has 0 radical (unpaired) electrons. The lowest BCUT2D eigenvalue weighted by molar-refractivity contribution is -0.149. The fraction of sp³-hybridized carbons (Fsp3) is 0.424. The first-order chi connectivity index (χ1) is 21.0. The maximum Gasteiger partial charge on any atom is 0.387 e. The van der Waals surface area contributed by atoms with Crippen LogP contribution in [0.5, 0.6) is 11.5 Å². The minimum absolute atomic E-state index is 0.00768. The van der Waals surface area contributed by atoms with Gasteiger partial charge in [-0.15, -0.1) is 0 Å². The fourth-order valence-electron chi connectivity index (χ4n) is 5.43. The number of esters is 1. The highest BCUT2D eigenvalue weighted by molar-refractivity contribution is 6.32. The number of alkyl halides is 2. The van der Waals surface area contributed by atoms with Gasteiger partial charge in [0.25, 0.3) is 5.91 Å². The summed E-state index contributed by atoms with van der Waals surface area (Å²) in [5.41, 5.74) is 1.92. The van der Waals surface area contributed by atoms with E-state index in [1.165, 1.54) is 19.2 Å². The van der Waals surface area contributed by atoms with Gasteiger partial charge in [0.15, 0.2) is 0 Å². The van der Waals surface area contributed by atoms with Crippen molar-refractivity contribution in [2.75, 3.05) is 34.4 Å². The summed E-state index contributed by atoms with van der Waals surface area (Å²) in [6.07, 6.45) is 4.26. The Kier molecular flexibility index (Phi) is 11.2. The standard InChI is InChI=1S/C33H38ClF2N3O5/c1-21-9-11-23(44-32(35)36)20-25(21)24-12-14-27(30(40)38-33(31(41)42-4)15-6-5-7-16-33)37-29(24)22-10-13-26(34)28(19-22)43-18-8-17-39(2)3/h9-14,19-20,32H,5-8,15-18H2,1-4H3,(H,38,40). The molecule has 0 saturated heterocycles. The van der Waals surface area contributed by atoms with Crippen molar-refractivity contribution < 1.29 is 32.6 Å². The summed E-state index contributed by atoms with van der Waals surface area (Å²) in [4.78, 5) is 33.2. The summed E-state index contributed by atoms with van der Waals surface area (Å²) in [5.74, 6) is -0.566. The van der Waals surface area contributed by atoms with Gasteiger partial charge in [-0.25, -0.2) is 9.78 Å². The molecule has 44 heavy (non-hydrogen) atoms. The van der Waals surface area contributed by atoms with E-state index in [1.807, 2.05) is 21.0 Å². The van der Waals surface area contributed by atoms with E-state index in [2.05, 4.69) is 15.0 Å². The quantitative estimate of drug-likeness (QED) is 0.172. The highest BCUT2D eigenvalue weighted by Gasteiger charge is 2.42. The number of aryl methyl sites for hydroxylation is 1. The zero-order chi connectivity index (χ0) is 31.9. The first kappa shape index (κ1) is 33.1. The molecule has 0 aliphatic heterocycles. The third-order valence-electron chi connectivity index (χ3n) is 7.70. The minimum Gasteiger partial charge on any atom is -0.492 e. The summed E-state index contributed by atoms with van der Waals surface area (Å²) >= 11 is 6.47. The predicted molar refractivity (Wildman–Crippen MR) is 165 cm³/mol. The van der Waals surface area contributed by atoms with Crippen LogP contribution in [0.2, 0.25) is 5.02 Å². The molecular formula is C33H38ClF2N3O5. The van der Waals surface area contributed by atoms with E-state index in [1.54, 1.807) is 36.4 Å². The van der Waals surface area contributed by atoms with Gasteiger partial charge in [0.1, 0.15) is 22.7 Å². The smallest absolute Gasteiger partial charge is 0.387 e. The van der Waals surface area contributed by atoms with Crippen LogP contribution in [-0.2, 0) is 9.53 Å². The topological polar surface area (TPSA) is 90.0 Å². The highest BCUT2D eigenvalue weighted by Crippen LogP contribution is 2.38. The lowest BCUT2D eigenvalue weighted by atomic mass is 9.81. The van der Waals surface area contributed by atoms with E-state index in [0.29, 0.717) is 52.6 Å². The third-order valence-corrected chi connectivity index (χ3v) is 8.01. The molecule has 1 saturated carbocycles. The first-order valence-corrected chi connectivity index (χ1v) is 15.0. The molecule has 0 bridgehead atoms. The number of methoxy groups -OCH3 is 1. The summed E-state index contributed by atoms with van der Waals surface area (Å²) in [6.45, 7) is 0.130. The molecule has 1 amide bonds. The number of amides is 1. The van der Waals surface area contributed by atoms with Crippen LogP contribution in [0.15, 0.2) is 48.5 Å². The molecule has 1 N–H and O–H groups in total. The molecule has 0 atom stereocenters. The van der Waals surface area contributed by atoms with E-state index in [4.69, 9.17) is 26.1 Å². The Balaban J connectivity index is 1.78. The maximum atomic E-state index is 13.6. The number of halogens is 3. The van der Waals surface area contributed by atoms with Crippen LogP contribution < -0.4 is 14.8 Å². The molecule has 4 rings (SSSR count). The second kappa shape index (κ2) is 14.8. The zero-order valence-electron chi connectivity index (χ0n) is 25.4. The Hall–Kier alpha value is -3.76. The number of nitrogens with one attached hydrogen (secondary N) is 1. The van der Waals surface area contributed by atoms with Gasteiger partial charge in [-0.2, -0.15) is 8.78 Å². The molecule has 3 aromatic rings. The molecule has 236 valence electrons. The average Bonchev–Trinajstić information content (AvgIpc) is 3.00. The Morgan fingerprint density at radius 2 is 1.80 bits per heavy atom. The summed E-state index contributed by atoms with van der Waals surface area (Å²) < 4.78 is 41.8. The number of benzene rings is 2. The van der Waals surface area contributed by atoms with Gasteiger partial charge in [-0.1, -0.05) is 43.0 Å².